The van der Waals surface area contributed by atoms with E-state index in [2.05, 4.69) is 96.0 Å². The molecular formula is C41H60N2O3. The lowest BCUT2D eigenvalue weighted by Crippen LogP contribution is -2.66. The van der Waals surface area contributed by atoms with E-state index < -0.39 is 0 Å². The van der Waals surface area contributed by atoms with Crippen LogP contribution in [0.3, 0.4) is 0 Å². The molecule has 4 fully saturated rings. The molecule has 4 saturated carbocycles. The molecular weight excluding hydrogens is 568 g/mol. The number of fused-ring (bicyclic) bond motifs is 7. The molecule has 5 aliphatic rings. The van der Waals surface area contributed by atoms with Gasteiger partial charge in [-0.05, 0) is 141 Å². The summed E-state index contributed by atoms with van der Waals surface area (Å²) in [6, 6.07) is 9.28. The van der Waals surface area contributed by atoms with Crippen LogP contribution < -0.4 is 10.6 Å². The van der Waals surface area contributed by atoms with Crippen LogP contribution >= 0.6 is 0 Å². The summed E-state index contributed by atoms with van der Waals surface area (Å²) in [6.07, 6.45) is 13.7. The number of hydrogen-bond acceptors (Lipinski definition) is 4. The van der Waals surface area contributed by atoms with Gasteiger partial charge in [-0.1, -0.05) is 82.7 Å². The molecule has 46 heavy (non-hydrogen) atoms. The minimum absolute atomic E-state index is 0.158. The largest absolute Gasteiger partial charge is 0.373 e. The summed E-state index contributed by atoms with van der Waals surface area (Å²) in [5, 5.41) is 6.60. The lowest BCUT2D eigenvalue weighted by atomic mass is 9.32. The zero-order valence-corrected chi connectivity index (χ0v) is 30.0. The quantitative estimate of drug-likeness (QED) is 0.245. The molecule has 1 amide bonds. The van der Waals surface area contributed by atoms with Gasteiger partial charge in [0.05, 0.1) is 5.41 Å². The van der Waals surface area contributed by atoms with Gasteiger partial charge >= 0.3 is 6.15 Å². The van der Waals surface area contributed by atoms with Gasteiger partial charge in [-0.3, -0.25) is 4.79 Å². The van der Waals surface area contributed by atoms with Crippen molar-refractivity contribution in [2.45, 2.75) is 106 Å². The van der Waals surface area contributed by atoms with Gasteiger partial charge in [-0.2, -0.15) is 9.59 Å². The molecule has 5 aliphatic carbocycles. The summed E-state index contributed by atoms with van der Waals surface area (Å²) in [4.78, 5) is 30.3. The van der Waals surface area contributed by atoms with E-state index in [9.17, 15) is 4.79 Å². The number of aryl methyl sites for hydroxylation is 1. The Morgan fingerprint density at radius 2 is 1.57 bits per heavy atom. The highest BCUT2D eigenvalue weighted by Gasteiger charge is 2.71. The molecule has 252 valence electrons. The van der Waals surface area contributed by atoms with Crippen LogP contribution in [0.1, 0.15) is 110 Å². The van der Waals surface area contributed by atoms with Crippen LogP contribution in [0, 0.1) is 63.6 Å². The Hall–Kier alpha value is -2.49. The maximum Gasteiger partial charge on any atom is 0.373 e. The Labute approximate surface area is 278 Å². The first-order valence-electron chi connectivity index (χ1n) is 18.0. The average Bonchev–Trinajstić information content (AvgIpc) is 3.40. The summed E-state index contributed by atoms with van der Waals surface area (Å²) in [5.74, 6) is 3.24. The van der Waals surface area contributed by atoms with Crippen molar-refractivity contribution >= 4 is 17.6 Å². The molecule has 0 unspecified atom stereocenters. The van der Waals surface area contributed by atoms with E-state index in [1.54, 1.807) is 5.57 Å². The molecule has 0 saturated heterocycles. The highest BCUT2D eigenvalue weighted by atomic mass is 16.2. The van der Waals surface area contributed by atoms with E-state index in [0.717, 1.165) is 38.3 Å². The fraction of sp³-hybridized carbons (Fsp3) is 0.707. The lowest BCUT2D eigenvalue weighted by Gasteiger charge is -2.72. The zero-order chi connectivity index (χ0) is 33.7. The van der Waals surface area contributed by atoms with Crippen molar-refractivity contribution in [2.75, 3.05) is 20.1 Å². The van der Waals surface area contributed by atoms with E-state index >= 15 is 0 Å². The van der Waals surface area contributed by atoms with Crippen molar-refractivity contribution in [3.8, 4) is 0 Å². The Balaban J connectivity index is 0.00000134. The standard InChI is InChI=1S/C40H60N2O.CO2/c1-26(2)29-16-21-40(35(43)42-25-24-41-9)23-22-38(7)31(34(29)40)14-15-33-37(6)19-17-30(28-12-10-27(3)11-13-28)36(4,5)32(37)18-20-39(33,38)8;2-1-3/h10-13,17,29,31-34,41H,1,14-16,18-25H2,2-9H3,(H,42,43);/t29-,31+,32-,33+,34+,37-,38+,39+,40-;/m0./s1. The molecule has 5 heteroatoms. The predicted molar refractivity (Wildman–Crippen MR) is 185 cm³/mol. The summed E-state index contributed by atoms with van der Waals surface area (Å²) in [6.45, 7) is 23.7. The number of amides is 1. The maximum atomic E-state index is 14.1. The van der Waals surface area contributed by atoms with Crippen LogP contribution in [0.4, 0.5) is 0 Å². The predicted octanol–water partition coefficient (Wildman–Crippen LogP) is 8.40. The van der Waals surface area contributed by atoms with Crippen LogP contribution in [0.2, 0.25) is 0 Å². The fourth-order valence-electron chi connectivity index (χ4n) is 12.8. The molecule has 1 aromatic carbocycles. The second-order valence-electron chi connectivity index (χ2n) is 17.2. The number of nitrogens with one attached hydrogen (secondary N) is 2. The van der Waals surface area contributed by atoms with E-state index in [1.807, 2.05) is 7.05 Å². The molecule has 9 atom stereocenters. The third kappa shape index (κ3) is 5.11. The van der Waals surface area contributed by atoms with Crippen molar-refractivity contribution in [1.29, 1.82) is 0 Å². The molecule has 0 aliphatic heterocycles. The molecule has 0 spiro atoms. The number of carbonyl (C=O) groups excluding carboxylic acids is 3. The van der Waals surface area contributed by atoms with Crippen LogP contribution in [0.15, 0.2) is 42.5 Å². The van der Waals surface area contributed by atoms with Crippen molar-refractivity contribution < 1.29 is 14.4 Å². The normalized spacial score (nSPS) is 40.3. The van der Waals surface area contributed by atoms with Crippen LogP contribution in [-0.2, 0) is 14.4 Å². The third-order valence-corrected chi connectivity index (χ3v) is 15.1. The minimum atomic E-state index is -0.218. The van der Waals surface area contributed by atoms with E-state index in [1.165, 1.54) is 55.2 Å². The number of allylic oxidation sites excluding steroid dienone is 3. The van der Waals surface area contributed by atoms with Crippen molar-refractivity contribution in [3.05, 3.63) is 53.6 Å². The topological polar surface area (TPSA) is 75.3 Å². The summed E-state index contributed by atoms with van der Waals surface area (Å²) < 4.78 is 0. The van der Waals surface area contributed by atoms with E-state index in [0.29, 0.717) is 40.4 Å². The first-order chi connectivity index (χ1) is 21.7. The number of carbonyl (C=O) groups is 1. The Bertz CT molecular complexity index is 1390. The number of likely N-dealkylation sites (N-methyl/N-ethyl adjacent to an activating group) is 1. The monoisotopic (exact) mass is 628 g/mol. The molecule has 1 aromatic rings. The lowest BCUT2D eigenvalue weighted by molar-refractivity contribution is -0.225. The van der Waals surface area contributed by atoms with Crippen LogP contribution in [-0.4, -0.2) is 32.2 Å². The minimum Gasteiger partial charge on any atom is -0.354 e. The van der Waals surface area contributed by atoms with Crippen molar-refractivity contribution in [1.82, 2.24) is 10.6 Å². The molecule has 0 bridgehead atoms. The SMILES string of the molecule is C=C(C)[C@@H]1CC[C@]2(C(=O)NCCNC)CC[C@]3(C)[C@H](CC[C@@H]4[C@@]5(C)CC=C(c6ccc(C)cc6)C(C)(C)[C@@H]5CC[C@]43C)[C@@H]12.O=C=O. The van der Waals surface area contributed by atoms with Crippen molar-refractivity contribution in [3.63, 3.8) is 0 Å². The van der Waals surface area contributed by atoms with Gasteiger partial charge in [0.25, 0.3) is 0 Å². The van der Waals surface area contributed by atoms with Crippen LogP contribution in [0.25, 0.3) is 5.57 Å². The van der Waals surface area contributed by atoms with Gasteiger partial charge < -0.3 is 10.6 Å². The summed E-state index contributed by atoms with van der Waals surface area (Å²) in [7, 11) is 1.97. The second-order valence-corrected chi connectivity index (χ2v) is 17.2. The molecule has 0 heterocycles. The smallest absolute Gasteiger partial charge is 0.354 e. The van der Waals surface area contributed by atoms with Gasteiger partial charge in [0, 0.05) is 13.1 Å². The van der Waals surface area contributed by atoms with E-state index in [4.69, 9.17) is 9.59 Å². The number of hydrogen-bond donors (Lipinski definition) is 2. The van der Waals surface area contributed by atoms with Gasteiger partial charge in [-0.15, -0.1) is 0 Å². The summed E-state index contributed by atoms with van der Waals surface area (Å²) in [5.41, 5.74) is 6.44. The van der Waals surface area contributed by atoms with Gasteiger partial charge in [0.15, 0.2) is 0 Å². The Morgan fingerprint density at radius 1 is 0.891 bits per heavy atom. The number of benzene rings is 1. The fourth-order valence-corrected chi connectivity index (χ4v) is 12.8. The Morgan fingerprint density at radius 3 is 2.20 bits per heavy atom. The van der Waals surface area contributed by atoms with Crippen LogP contribution in [0.5, 0.6) is 0 Å². The molecule has 0 radical (unpaired) electrons. The molecule has 6 rings (SSSR count). The average molecular weight is 629 g/mol. The van der Waals surface area contributed by atoms with Gasteiger partial charge in [0.2, 0.25) is 5.91 Å². The zero-order valence-electron chi connectivity index (χ0n) is 30.0. The summed E-state index contributed by atoms with van der Waals surface area (Å²) >= 11 is 0. The second kappa shape index (κ2) is 12.5. The van der Waals surface area contributed by atoms with Crippen molar-refractivity contribution in [2.24, 2.45) is 56.7 Å². The van der Waals surface area contributed by atoms with Gasteiger partial charge in [-0.25, -0.2) is 0 Å². The third-order valence-electron chi connectivity index (χ3n) is 15.1. The molecule has 5 nitrogen and oxygen atoms in total. The van der Waals surface area contributed by atoms with E-state index in [-0.39, 0.29) is 22.4 Å². The highest BCUT2D eigenvalue weighted by Crippen LogP contribution is 2.77. The highest BCUT2D eigenvalue weighted by molar-refractivity contribution is 5.84. The van der Waals surface area contributed by atoms with Gasteiger partial charge in [0.1, 0.15) is 0 Å². The molecule has 2 N–H and O–H groups in total. The maximum absolute atomic E-state index is 14.1. The first kappa shape index (κ1) is 34.8. The first-order valence-corrected chi connectivity index (χ1v) is 18.0. The Kier molecular flexibility index (Phi) is 9.48. The molecule has 0 aromatic heterocycles. The number of rotatable bonds is 6.